The van der Waals surface area contributed by atoms with E-state index in [-0.39, 0.29) is 0 Å². The first-order valence-corrected chi connectivity index (χ1v) is 8.18. The Balaban J connectivity index is 2.09. The first-order valence-electron chi connectivity index (χ1n) is 6.60. The number of halogens is 2. The van der Waals surface area contributed by atoms with Crippen LogP contribution in [0.5, 0.6) is 0 Å². The highest BCUT2D eigenvalue weighted by Gasteiger charge is 2.06. The third-order valence-corrected chi connectivity index (χ3v) is 4.46. The molecule has 0 radical (unpaired) electrons. The Labute approximate surface area is 139 Å². The van der Waals surface area contributed by atoms with Gasteiger partial charge < -0.3 is 10.1 Å². The summed E-state index contributed by atoms with van der Waals surface area (Å²) in [4.78, 5) is 2.29. The van der Waals surface area contributed by atoms with Crippen molar-refractivity contribution in [2.75, 3.05) is 20.3 Å². The lowest BCUT2D eigenvalue weighted by Gasteiger charge is -2.11. The summed E-state index contributed by atoms with van der Waals surface area (Å²) in [6.45, 7) is 2.31. The minimum Gasteiger partial charge on any atom is -0.383 e. The molecule has 2 aromatic carbocycles. The molecule has 0 unspecified atom stereocenters. The lowest BCUT2D eigenvalue weighted by molar-refractivity contribution is 0.199. The minimum atomic E-state index is 0.702. The van der Waals surface area contributed by atoms with Crippen LogP contribution in [0.15, 0.2) is 52.3 Å². The second-order valence-corrected chi connectivity index (χ2v) is 6.47. The summed E-state index contributed by atoms with van der Waals surface area (Å²) in [5.41, 5.74) is 1.22. The van der Waals surface area contributed by atoms with Crippen molar-refractivity contribution in [2.24, 2.45) is 0 Å². The quantitative estimate of drug-likeness (QED) is 0.725. The highest BCUT2D eigenvalue weighted by Crippen LogP contribution is 2.33. The molecule has 0 saturated carbocycles. The van der Waals surface area contributed by atoms with Gasteiger partial charge in [0.2, 0.25) is 0 Å². The molecule has 0 aromatic heterocycles. The van der Waals surface area contributed by atoms with Crippen molar-refractivity contribution in [2.45, 2.75) is 16.3 Å². The maximum absolute atomic E-state index is 6.12. The molecule has 21 heavy (non-hydrogen) atoms. The van der Waals surface area contributed by atoms with Gasteiger partial charge in [-0.3, -0.25) is 0 Å². The Morgan fingerprint density at radius 2 is 1.76 bits per heavy atom. The number of ether oxygens (including phenoxy) is 1. The molecule has 0 bridgehead atoms. The second kappa shape index (κ2) is 8.66. The molecule has 2 rings (SSSR count). The Hall–Kier alpha value is -0.710. The molecule has 0 aliphatic carbocycles. The maximum atomic E-state index is 6.12. The van der Waals surface area contributed by atoms with E-state index < -0.39 is 0 Å². The molecule has 0 fully saturated rings. The molecule has 112 valence electrons. The zero-order valence-electron chi connectivity index (χ0n) is 11.7. The molecule has 0 saturated heterocycles. The summed E-state index contributed by atoms with van der Waals surface area (Å²) < 4.78 is 5.03. The fourth-order valence-corrected chi connectivity index (χ4v) is 3.14. The van der Waals surface area contributed by atoms with E-state index in [0.717, 1.165) is 32.9 Å². The number of hydrogen-bond acceptors (Lipinski definition) is 3. The molecular weight excluding hydrogens is 325 g/mol. The van der Waals surface area contributed by atoms with Crippen molar-refractivity contribution in [3.63, 3.8) is 0 Å². The standard InChI is InChI=1S/C16H17Cl2NOS/c1-20-9-8-19-11-12-2-3-14(18)10-16(12)21-15-6-4-13(17)5-7-15/h2-7,10,19H,8-9,11H2,1H3. The molecule has 1 N–H and O–H groups in total. The summed E-state index contributed by atoms with van der Waals surface area (Å²) in [6.07, 6.45) is 0. The number of nitrogens with one attached hydrogen (secondary N) is 1. The van der Waals surface area contributed by atoms with E-state index in [2.05, 4.69) is 11.4 Å². The average molecular weight is 342 g/mol. The van der Waals surface area contributed by atoms with Crippen LogP contribution in [0.3, 0.4) is 0 Å². The van der Waals surface area contributed by atoms with Crippen LogP contribution in [-0.2, 0) is 11.3 Å². The van der Waals surface area contributed by atoms with Crippen LogP contribution in [0.1, 0.15) is 5.56 Å². The molecule has 5 heteroatoms. The van der Waals surface area contributed by atoms with Crippen molar-refractivity contribution in [3.05, 3.63) is 58.1 Å². The van der Waals surface area contributed by atoms with Crippen LogP contribution in [0.4, 0.5) is 0 Å². The number of hydrogen-bond donors (Lipinski definition) is 1. The molecule has 0 aliphatic heterocycles. The van der Waals surface area contributed by atoms with Gasteiger partial charge in [0, 0.05) is 40.0 Å². The van der Waals surface area contributed by atoms with E-state index in [4.69, 9.17) is 27.9 Å². The smallest absolute Gasteiger partial charge is 0.0587 e. The lowest BCUT2D eigenvalue weighted by Crippen LogP contribution is -2.18. The number of rotatable bonds is 7. The van der Waals surface area contributed by atoms with E-state index >= 15 is 0 Å². The Kier molecular flexibility index (Phi) is 6.87. The average Bonchev–Trinajstić information content (AvgIpc) is 2.48. The van der Waals surface area contributed by atoms with Crippen LogP contribution in [0.2, 0.25) is 10.0 Å². The summed E-state index contributed by atoms with van der Waals surface area (Å²) in [5.74, 6) is 0. The minimum absolute atomic E-state index is 0.702. The molecule has 0 amide bonds. The molecule has 0 spiro atoms. The van der Waals surface area contributed by atoms with Gasteiger partial charge in [-0.15, -0.1) is 0 Å². The fraction of sp³-hybridized carbons (Fsp3) is 0.250. The summed E-state index contributed by atoms with van der Waals surface area (Å²) >= 11 is 13.7. The fourth-order valence-electron chi connectivity index (χ4n) is 1.80. The van der Waals surface area contributed by atoms with Gasteiger partial charge in [-0.1, -0.05) is 41.0 Å². The third kappa shape index (κ3) is 5.53. The van der Waals surface area contributed by atoms with Gasteiger partial charge >= 0.3 is 0 Å². The van der Waals surface area contributed by atoms with E-state index in [1.165, 1.54) is 5.56 Å². The van der Waals surface area contributed by atoms with E-state index in [9.17, 15) is 0 Å². The van der Waals surface area contributed by atoms with Crippen LogP contribution >= 0.6 is 35.0 Å². The third-order valence-electron chi connectivity index (χ3n) is 2.87. The highest BCUT2D eigenvalue weighted by molar-refractivity contribution is 7.99. The molecule has 2 nitrogen and oxygen atoms in total. The molecule has 0 heterocycles. The highest BCUT2D eigenvalue weighted by atomic mass is 35.5. The first kappa shape index (κ1) is 16.7. The number of methoxy groups -OCH3 is 1. The van der Waals surface area contributed by atoms with Crippen LogP contribution in [-0.4, -0.2) is 20.3 Å². The lowest BCUT2D eigenvalue weighted by atomic mass is 10.2. The van der Waals surface area contributed by atoms with Gasteiger partial charge in [-0.05, 0) is 42.0 Å². The maximum Gasteiger partial charge on any atom is 0.0587 e. The molecular formula is C16H17Cl2NOS. The zero-order valence-corrected chi connectivity index (χ0v) is 14.1. The van der Waals surface area contributed by atoms with Crippen molar-refractivity contribution in [1.82, 2.24) is 5.32 Å². The molecule has 0 aliphatic rings. The summed E-state index contributed by atoms with van der Waals surface area (Å²) in [7, 11) is 1.70. The van der Waals surface area contributed by atoms with Crippen LogP contribution in [0, 0.1) is 0 Å². The van der Waals surface area contributed by atoms with E-state index in [1.54, 1.807) is 18.9 Å². The largest absolute Gasteiger partial charge is 0.383 e. The van der Waals surface area contributed by atoms with E-state index in [1.807, 2.05) is 36.4 Å². The predicted octanol–water partition coefficient (Wildman–Crippen LogP) is 4.88. The van der Waals surface area contributed by atoms with Gasteiger partial charge in [0.15, 0.2) is 0 Å². The van der Waals surface area contributed by atoms with Crippen molar-refractivity contribution < 1.29 is 4.74 Å². The Bertz CT molecular complexity index is 575. The van der Waals surface area contributed by atoms with Crippen LogP contribution in [0.25, 0.3) is 0 Å². The monoisotopic (exact) mass is 341 g/mol. The number of benzene rings is 2. The second-order valence-electron chi connectivity index (χ2n) is 4.48. The van der Waals surface area contributed by atoms with Crippen molar-refractivity contribution >= 4 is 35.0 Å². The van der Waals surface area contributed by atoms with E-state index in [0.29, 0.717) is 6.61 Å². The summed E-state index contributed by atoms with van der Waals surface area (Å²) in [6, 6.07) is 13.8. The SMILES string of the molecule is COCCNCc1ccc(Cl)cc1Sc1ccc(Cl)cc1. The first-order chi connectivity index (χ1) is 10.2. The Morgan fingerprint density at radius 3 is 2.48 bits per heavy atom. The van der Waals surface area contributed by atoms with Gasteiger partial charge in [-0.2, -0.15) is 0 Å². The van der Waals surface area contributed by atoms with Gasteiger partial charge in [0.25, 0.3) is 0 Å². The Morgan fingerprint density at radius 1 is 1.05 bits per heavy atom. The summed E-state index contributed by atoms with van der Waals surface area (Å²) in [5, 5.41) is 4.84. The van der Waals surface area contributed by atoms with Crippen molar-refractivity contribution in [1.29, 1.82) is 0 Å². The van der Waals surface area contributed by atoms with Gasteiger partial charge in [0.1, 0.15) is 0 Å². The normalized spacial score (nSPS) is 10.8. The van der Waals surface area contributed by atoms with Crippen LogP contribution < -0.4 is 5.32 Å². The topological polar surface area (TPSA) is 21.3 Å². The predicted molar refractivity (Wildman–Crippen MR) is 90.6 cm³/mol. The zero-order chi connectivity index (χ0) is 15.1. The molecule has 0 atom stereocenters. The van der Waals surface area contributed by atoms with Gasteiger partial charge in [-0.25, -0.2) is 0 Å². The van der Waals surface area contributed by atoms with Crippen molar-refractivity contribution in [3.8, 4) is 0 Å². The molecule has 2 aromatic rings. The van der Waals surface area contributed by atoms with Gasteiger partial charge in [0.05, 0.1) is 6.61 Å².